The third-order valence-corrected chi connectivity index (χ3v) is 5.64. The summed E-state index contributed by atoms with van der Waals surface area (Å²) in [6.07, 6.45) is 2.59. The number of nitrogens with one attached hydrogen (secondary N) is 1. The largest absolute Gasteiger partial charge is 0.383 e. The highest BCUT2D eigenvalue weighted by Crippen LogP contribution is 2.35. The van der Waals surface area contributed by atoms with Crippen molar-refractivity contribution in [1.82, 2.24) is 4.31 Å². The Morgan fingerprint density at radius 1 is 1.40 bits per heavy atom. The number of rotatable bonds is 5. The molecule has 0 heterocycles. The van der Waals surface area contributed by atoms with Crippen LogP contribution in [0.3, 0.4) is 0 Å². The summed E-state index contributed by atoms with van der Waals surface area (Å²) < 4.78 is 26.4. The van der Waals surface area contributed by atoms with Crippen LogP contribution in [0.2, 0.25) is 0 Å². The fourth-order valence-corrected chi connectivity index (χ4v) is 3.82. The van der Waals surface area contributed by atoms with Gasteiger partial charge in [-0.2, -0.15) is 4.31 Å². The first kappa shape index (κ1) is 14.7. The van der Waals surface area contributed by atoms with Crippen LogP contribution in [0, 0.1) is 10.1 Å². The maximum absolute atomic E-state index is 12.6. The Labute approximate surface area is 117 Å². The molecule has 1 aliphatic carbocycles. The predicted molar refractivity (Wildman–Crippen MR) is 75.2 cm³/mol. The lowest BCUT2D eigenvalue weighted by Crippen LogP contribution is -2.41. The summed E-state index contributed by atoms with van der Waals surface area (Å²) in [6.45, 7) is 0. The maximum atomic E-state index is 12.6. The first-order chi connectivity index (χ1) is 9.39. The second-order valence-electron chi connectivity index (χ2n) is 4.77. The van der Waals surface area contributed by atoms with Gasteiger partial charge in [0.05, 0.1) is 4.92 Å². The Balaban J connectivity index is 2.53. The van der Waals surface area contributed by atoms with Crippen LogP contribution in [0.4, 0.5) is 11.4 Å². The summed E-state index contributed by atoms with van der Waals surface area (Å²) in [5.74, 6) is 0. The van der Waals surface area contributed by atoms with Crippen LogP contribution in [0.25, 0.3) is 0 Å². The number of hydrogen-bond donors (Lipinski definition) is 1. The normalized spacial score (nSPS) is 15.9. The number of nitro groups is 1. The standard InChI is InChI=1S/C12H17N3O4S/c1-13-10-7-4-8-11(12(10)15(16)17)20(18,19)14(2)9-5-3-6-9/h4,7-9,13H,3,5-6H2,1-2H3. The van der Waals surface area contributed by atoms with Gasteiger partial charge in [-0.05, 0) is 25.0 Å². The van der Waals surface area contributed by atoms with Gasteiger partial charge in [0, 0.05) is 20.1 Å². The first-order valence-corrected chi connectivity index (χ1v) is 7.76. The Morgan fingerprint density at radius 3 is 2.50 bits per heavy atom. The lowest BCUT2D eigenvalue weighted by Gasteiger charge is -2.33. The number of sulfonamides is 1. The van der Waals surface area contributed by atoms with Crippen molar-refractivity contribution in [3.05, 3.63) is 28.3 Å². The summed E-state index contributed by atoms with van der Waals surface area (Å²) in [5.41, 5.74) is -0.209. The molecule has 1 aromatic carbocycles. The van der Waals surface area contributed by atoms with Gasteiger partial charge in [-0.1, -0.05) is 12.5 Å². The van der Waals surface area contributed by atoms with Crippen LogP contribution in [0.15, 0.2) is 23.1 Å². The number of nitro benzene ring substituents is 1. The van der Waals surface area contributed by atoms with E-state index in [9.17, 15) is 18.5 Å². The molecule has 1 aromatic rings. The lowest BCUT2D eigenvalue weighted by atomic mass is 9.94. The minimum atomic E-state index is -3.86. The number of hydrogen-bond acceptors (Lipinski definition) is 5. The zero-order valence-electron chi connectivity index (χ0n) is 11.4. The highest BCUT2D eigenvalue weighted by atomic mass is 32.2. The van der Waals surface area contributed by atoms with Crippen LogP contribution in [-0.2, 0) is 10.0 Å². The molecule has 0 unspecified atom stereocenters. The SMILES string of the molecule is CNc1cccc(S(=O)(=O)N(C)C2CCC2)c1[N+](=O)[O-]. The molecule has 0 saturated heterocycles. The second kappa shape index (κ2) is 5.37. The average molecular weight is 299 g/mol. The molecular formula is C12H17N3O4S. The lowest BCUT2D eigenvalue weighted by molar-refractivity contribution is -0.386. The van der Waals surface area contributed by atoms with E-state index in [-0.39, 0.29) is 16.6 Å². The summed E-state index contributed by atoms with van der Waals surface area (Å²) >= 11 is 0. The van der Waals surface area contributed by atoms with Crippen LogP contribution < -0.4 is 5.32 Å². The van der Waals surface area contributed by atoms with Gasteiger partial charge in [0.25, 0.3) is 0 Å². The molecule has 0 radical (unpaired) electrons. The molecule has 1 fully saturated rings. The van der Waals surface area contributed by atoms with E-state index in [0.29, 0.717) is 0 Å². The highest BCUT2D eigenvalue weighted by molar-refractivity contribution is 7.89. The smallest absolute Gasteiger partial charge is 0.312 e. The number of anilines is 1. The Bertz CT molecular complexity index is 626. The molecule has 2 rings (SSSR count). The minimum Gasteiger partial charge on any atom is -0.383 e. The van der Waals surface area contributed by atoms with Crippen molar-refractivity contribution in [3.63, 3.8) is 0 Å². The van der Waals surface area contributed by atoms with Gasteiger partial charge in [0.2, 0.25) is 10.0 Å². The molecule has 1 N–H and O–H groups in total. The van der Waals surface area contributed by atoms with Crippen molar-refractivity contribution in [2.75, 3.05) is 19.4 Å². The molecule has 1 saturated carbocycles. The molecule has 20 heavy (non-hydrogen) atoms. The van der Waals surface area contributed by atoms with Gasteiger partial charge < -0.3 is 5.32 Å². The summed E-state index contributed by atoms with van der Waals surface area (Å²) in [5, 5.41) is 13.9. The molecular weight excluding hydrogens is 282 g/mol. The summed E-state index contributed by atoms with van der Waals surface area (Å²) in [6, 6.07) is 4.21. The second-order valence-corrected chi connectivity index (χ2v) is 6.73. The van der Waals surface area contributed by atoms with Crippen molar-refractivity contribution in [1.29, 1.82) is 0 Å². The van der Waals surface area contributed by atoms with Gasteiger partial charge in [0.15, 0.2) is 4.90 Å². The van der Waals surface area contributed by atoms with Crippen molar-refractivity contribution in [3.8, 4) is 0 Å². The third-order valence-electron chi connectivity index (χ3n) is 3.70. The monoisotopic (exact) mass is 299 g/mol. The van der Waals surface area contributed by atoms with Crippen LogP contribution >= 0.6 is 0 Å². The van der Waals surface area contributed by atoms with Crippen molar-refractivity contribution < 1.29 is 13.3 Å². The van der Waals surface area contributed by atoms with Crippen LogP contribution in [-0.4, -0.2) is 37.8 Å². The highest BCUT2D eigenvalue weighted by Gasteiger charge is 2.36. The summed E-state index contributed by atoms with van der Waals surface area (Å²) in [7, 11) is -0.852. The summed E-state index contributed by atoms with van der Waals surface area (Å²) in [4.78, 5) is 10.3. The maximum Gasteiger partial charge on any atom is 0.312 e. The number of para-hydroxylation sites is 1. The molecule has 8 heteroatoms. The Hall–Kier alpha value is -1.67. The average Bonchev–Trinajstić information content (AvgIpc) is 2.35. The molecule has 0 spiro atoms. The van der Waals surface area contributed by atoms with Crippen molar-refractivity contribution >= 4 is 21.4 Å². The molecule has 7 nitrogen and oxygen atoms in total. The molecule has 0 aromatic heterocycles. The molecule has 0 bridgehead atoms. The van der Waals surface area contributed by atoms with Crippen molar-refractivity contribution in [2.24, 2.45) is 0 Å². The van der Waals surface area contributed by atoms with Crippen molar-refractivity contribution in [2.45, 2.75) is 30.2 Å². The Kier molecular flexibility index (Phi) is 3.96. The van der Waals surface area contributed by atoms with E-state index in [1.54, 1.807) is 0 Å². The molecule has 110 valence electrons. The van der Waals surface area contributed by atoms with Gasteiger partial charge in [-0.25, -0.2) is 8.42 Å². The van der Waals surface area contributed by atoms with E-state index in [4.69, 9.17) is 0 Å². The molecule has 0 atom stereocenters. The van der Waals surface area contributed by atoms with E-state index < -0.39 is 20.6 Å². The van der Waals surface area contributed by atoms with E-state index in [2.05, 4.69) is 5.32 Å². The van der Waals surface area contributed by atoms with Gasteiger partial charge in [-0.3, -0.25) is 10.1 Å². The van der Waals surface area contributed by atoms with E-state index in [0.717, 1.165) is 19.3 Å². The van der Waals surface area contributed by atoms with E-state index in [1.807, 2.05) is 0 Å². The molecule has 1 aliphatic rings. The topological polar surface area (TPSA) is 92.6 Å². The Morgan fingerprint density at radius 2 is 2.05 bits per heavy atom. The fourth-order valence-electron chi connectivity index (χ4n) is 2.22. The minimum absolute atomic E-state index is 0.0576. The quantitative estimate of drug-likeness (QED) is 0.661. The van der Waals surface area contributed by atoms with Crippen LogP contribution in [0.5, 0.6) is 0 Å². The number of nitrogens with zero attached hydrogens (tertiary/aromatic N) is 2. The molecule has 0 amide bonds. The zero-order chi connectivity index (χ0) is 14.9. The van der Waals surface area contributed by atoms with E-state index >= 15 is 0 Å². The number of benzene rings is 1. The first-order valence-electron chi connectivity index (χ1n) is 6.32. The van der Waals surface area contributed by atoms with Gasteiger partial charge in [-0.15, -0.1) is 0 Å². The van der Waals surface area contributed by atoms with Gasteiger partial charge in [0.1, 0.15) is 5.69 Å². The van der Waals surface area contributed by atoms with Gasteiger partial charge >= 0.3 is 5.69 Å². The van der Waals surface area contributed by atoms with Crippen LogP contribution in [0.1, 0.15) is 19.3 Å². The third kappa shape index (κ3) is 2.36. The predicted octanol–water partition coefficient (Wildman–Crippen LogP) is 1.81. The zero-order valence-corrected chi connectivity index (χ0v) is 12.2. The fraction of sp³-hybridized carbons (Fsp3) is 0.500. The van der Waals surface area contributed by atoms with E-state index in [1.165, 1.54) is 36.6 Å². The molecule has 0 aliphatic heterocycles.